The minimum Gasteiger partial charge on any atom is -0.458 e. The maximum atomic E-state index is 10.8. The molecule has 1 atom stereocenters. The van der Waals surface area contributed by atoms with Gasteiger partial charge in [-0.05, 0) is 37.1 Å². The molecule has 0 spiro atoms. The van der Waals surface area contributed by atoms with Crippen molar-refractivity contribution in [3.05, 3.63) is 71.5 Å². The molecule has 1 unspecified atom stereocenters. The molecule has 0 bridgehead atoms. The van der Waals surface area contributed by atoms with Crippen LogP contribution in [0.4, 0.5) is 0 Å². The van der Waals surface area contributed by atoms with E-state index in [1.165, 1.54) is 0 Å². The van der Waals surface area contributed by atoms with Gasteiger partial charge in [0.15, 0.2) is 0 Å². The minimum absolute atomic E-state index is 0.572. The number of hydrogen-bond donors (Lipinski definition) is 1. The third kappa shape index (κ3) is 1.94. The SMILES string of the molecule is Cc1ccccc1C(C)(O)c1cc2ccccc2o1. The first-order valence-electron chi connectivity index (χ1n) is 6.36. The van der Waals surface area contributed by atoms with E-state index < -0.39 is 5.60 Å². The van der Waals surface area contributed by atoms with E-state index in [9.17, 15) is 5.11 Å². The van der Waals surface area contributed by atoms with Gasteiger partial charge in [-0.15, -0.1) is 0 Å². The summed E-state index contributed by atoms with van der Waals surface area (Å²) in [6, 6.07) is 17.5. The van der Waals surface area contributed by atoms with Crippen LogP contribution in [0, 0.1) is 6.92 Å². The second-order valence-electron chi connectivity index (χ2n) is 5.04. The second kappa shape index (κ2) is 4.25. The van der Waals surface area contributed by atoms with Crippen molar-refractivity contribution in [2.75, 3.05) is 0 Å². The number of aliphatic hydroxyl groups is 1. The van der Waals surface area contributed by atoms with Crippen LogP contribution < -0.4 is 0 Å². The summed E-state index contributed by atoms with van der Waals surface area (Å²) in [5.74, 6) is 0.572. The van der Waals surface area contributed by atoms with E-state index >= 15 is 0 Å². The molecule has 0 saturated carbocycles. The lowest BCUT2D eigenvalue weighted by molar-refractivity contribution is 0.0780. The van der Waals surface area contributed by atoms with Crippen molar-refractivity contribution < 1.29 is 9.52 Å². The van der Waals surface area contributed by atoms with Crippen LogP contribution in [0.1, 0.15) is 23.8 Å². The highest BCUT2D eigenvalue weighted by molar-refractivity contribution is 5.78. The molecule has 3 aromatic rings. The number of aryl methyl sites for hydroxylation is 1. The first kappa shape index (κ1) is 12.0. The molecule has 3 rings (SSSR count). The smallest absolute Gasteiger partial charge is 0.144 e. The molecule has 2 nitrogen and oxygen atoms in total. The standard InChI is InChI=1S/C17H16O2/c1-12-7-3-5-9-14(12)17(2,18)16-11-13-8-4-6-10-15(13)19-16/h3-11,18H,1-2H3. The Kier molecular flexibility index (Phi) is 2.68. The Hall–Kier alpha value is -2.06. The van der Waals surface area contributed by atoms with Gasteiger partial charge in [0.2, 0.25) is 0 Å². The Bertz CT molecular complexity index is 690. The van der Waals surface area contributed by atoms with Gasteiger partial charge in [0.1, 0.15) is 16.9 Å². The lowest BCUT2D eigenvalue weighted by Gasteiger charge is -2.23. The van der Waals surface area contributed by atoms with E-state index in [1.54, 1.807) is 6.92 Å². The highest BCUT2D eigenvalue weighted by Crippen LogP contribution is 2.34. The zero-order valence-corrected chi connectivity index (χ0v) is 11.1. The van der Waals surface area contributed by atoms with Gasteiger partial charge in [0, 0.05) is 5.39 Å². The Balaban J connectivity index is 2.16. The lowest BCUT2D eigenvalue weighted by Crippen LogP contribution is -2.23. The van der Waals surface area contributed by atoms with Crippen molar-refractivity contribution in [1.82, 2.24) is 0 Å². The van der Waals surface area contributed by atoms with Crippen molar-refractivity contribution in [2.45, 2.75) is 19.4 Å². The van der Waals surface area contributed by atoms with Gasteiger partial charge in [0.25, 0.3) is 0 Å². The highest BCUT2D eigenvalue weighted by atomic mass is 16.4. The van der Waals surface area contributed by atoms with Crippen molar-refractivity contribution in [3.8, 4) is 0 Å². The fraction of sp³-hybridized carbons (Fsp3) is 0.176. The molecule has 96 valence electrons. The summed E-state index contributed by atoms with van der Waals surface area (Å²) in [5.41, 5.74) is 1.60. The number of fused-ring (bicyclic) bond motifs is 1. The van der Waals surface area contributed by atoms with Crippen LogP contribution in [0.2, 0.25) is 0 Å². The van der Waals surface area contributed by atoms with Crippen molar-refractivity contribution in [1.29, 1.82) is 0 Å². The van der Waals surface area contributed by atoms with Gasteiger partial charge in [-0.25, -0.2) is 0 Å². The van der Waals surface area contributed by atoms with Crippen molar-refractivity contribution >= 4 is 11.0 Å². The lowest BCUT2D eigenvalue weighted by atomic mass is 9.90. The Morgan fingerprint density at radius 1 is 1.00 bits per heavy atom. The monoisotopic (exact) mass is 252 g/mol. The largest absolute Gasteiger partial charge is 0.458 e. The first-order chi connectivity index (χ1) is 9.09. The normalized spacial score (nSPS) is 14.5. The summed E-state index contributed by atoms with van der Waals surface area (Å²) >= 11 is 0. The maximum absolute atomic E-state index is 10.8. The van der Waals surface area contributed by atoms with Gasteiger partial charge < -0.3 is 9.52 Å². The molecule has 1 N–H and O–H groups in total. The van der Waals surface area contributed by atoms with Crippen LogP contribution in [0.15, 0.2) is 59.0 Å². The maximum Gasteiger partial charge on any atom is 0.144 e. The average molecular weight is 252 g/mol. The van der Waals surface area contributed by atoms with E-state index in [2.05, 4.69) is 0 Å². The van der Waals surface area contributed by atoms with E-state index in [4.69, 9.17) is 4.42 Å². The van der Waals surface area contributed by atoms with Crippen LogP contribution in [0.5, 0.6) is 0 Å². The summed E-state index contributed by atoms with van der Waals surface area (Å²) < 4.78 is 5.79. The summed E-state index contributed by atoms with van der Waals surface area (Å²) in [6.07, 6.45) is 0. The van der Waals surface area contributed by atoms with Crippen molar-refractivity contribution in [3.63, 3.8) is 0 Å². The summed E-state index contributed by atoms with van der Waals surface area (Å²) in [4.78, 5) is 0. The van der Waals surface area contributed by atoms with Crippen LogP contribution >= 0.6 is 0 Å². The molecular weight excluding hydrogens is 236 g/mol. The number of rotatable bonds is 2. The molecule has 19 heavy (non-hydrogen) atoms. The molecule has 0 aliphatic carbocycles. The molecule has 2 heteroatoms. The van der Waals surface area contributed by atoms with Gasteiger partial charge in [-0.2, -0.15) is 0 Å². The van der Waals surface area contributed by atoms with E-state index in [1.807, 2.05) is 61.5 Å². The number of hydrogen-bond acceptors (Lipinski definition) is 2. The molecule has 1 heterocycles. The molecule has 0 aliphatic heterocycles. The van der Waals surface area contributed by atoms with E-state index in [0.717, 1.165) is 22.1 Å². The van der Waals surface area contributed by atoms with Crippen LogP contribution in [0.3, 0.4) is 0 Å². The number of benzene rings is 2. The van der Waals surface area contributed by atoms with Crippen LogP contribution in [-0.2, 0) is 5.60 Å². The summed E-state index contributed by atoms with van der Waals surface area (Å²) in [6.45, 7) is 3.76. The summed E-state index contributed by atoms with van der Waals surface area (Å²) in [5, 5.41) is 11.9. The van der Waals surface area contributed by atoms with Gasteiger partial charge in [0.05, 0.1) is 0 Å². The van der Waals surface area contributed by atoms with Gasteiger partial charge >= 0.3 is 0 Å². The van der Waals surface area contributed by atoms with Crippen LogP contribution in [0.25, 0.3) is 11.0 Å². The average Bonchev–Trinajstić information content (AvgIpc) is 2.83. The zero-order chi connectivity index (χ0) is 13.5. The minimum atomic E-state index is -1.12. The third-order valence-corrected chi connectivity index (χ3v) is 3.57. The predicted molar refractivity (Wildman–Crippen MR) is 76.1 cm³/mol. The number of para-hydroxylation sites is 1. The topological polar surface area (TPSA) is 33.4 Å². The quantitative estimate of drug-likeness (QED) is 0.748. The van der Waals surface area contributed by atoms with Gasteiger partial charge in [-0.1, -0.05) is 42.5 Å². The molecule has 0 aliphatic rings. The molecule has 0 fully saturated rings. The second-order valence-corrected chi connectivity index (χ2v) is 5.04. The predicted octanol–water partition coefficient (Wildman–Crippen LogP) is 4.00. The van der Waals surface area contributed by atoms with E-state index in [-0.39, 0.29) is 0 Å². The van der Waals surface area contributed by atoms with Crippen LogP contribution in [-0.4, -0.2) is 5.11 Å². The third-order valence-electron chi connectivity index (χ3n) is 3.57. The zero-order valence-electron chi connectivity index (χ0n) is 11.1. The first-order valence-corrected chi connectivity index (χ1v) is 6.36. The van der Waals surface area contributed by atoms with Gasteiger partial charge in [-0.3, -0.25) is 0 Å². The van der Waals surface area contributed by atoms with E-state index in [0.29, 0.717) is 5.76 Å². The molecule has 0 radical (unpaired) electrons. The Labute approximate surface area is 112 Å². The molecular formula is C17H16O2. The highest BCUT2D eigenvalue weighted by Gasteiger charge is 2.30. The molecule has 2 aromatic carbocycles. The molecule has 1 aromatic heterocycles. The summed E-state index contributed by atoms with van der Waals surface area (Å²) in [7, 11) is 0. The fourth-order valence-corrected chi connectivity index (χ4v) is 2.47. The molecule has 0 saturated heterocycles. The Morgan fingerprint density at radius 2 is 1.68 bits per heavy atom. The Morgan fingerprint density at radius 3 is 2.42 bits per heavy atom. The number of furan rings is 1. The molecule has 0 amide bonds. The fourth-order valence-electron chi connectivity index (χ4n) is 2.47. The van der Waals surface area contributed by atoms with Crippen molar-refractivity contribution in [2.24, 2.45) is 0 Å².